The molecule has 0 aromatic carbocycles. The van der Waals surface area contributed by atoms with Crippen molar-refractivity contribution in [3.63, 3.8) is 0 Å². The highest BCUT2D eigenvalue weighted by Gasteiger charge is 2.34. The molecule has 1 amide bonds. The molecular formula is C11H20N2O3. The molecule has 16 heavy (non-hydrogen) atoms. The van der Waals surface area contributed by atoms with Crippen molar-refractivity contribution < 1.29 is 14.7 Å². The summed E-state index contributed by atoms with van der Waals surface area (Å²) >= 11 is 0. The van der Waals surface area contributed by atoms with Crippen LogP contribution in [0.1, 0.15) is 32.6 Å². The molecule has 0 aliphatic heterocycles. The molecule has 92 valence electrons. The fraction of sp³-hybridized carbons (Fsp3) is 0.818. The topological polar surface area (TPSA) is 92.4 Å². The Kier molecular flexibility index (Phi) is 4.73. The predicted molar refractivity (Wildman–Crippen MR) is 59.7 cm³/mol. The van der Waals surface area contributed by atoms with Crippen LogP contribution in [0.2, 0.25) is 0 Å². The van der Waals surface area contributed by atoms with Crippen LogP contribution in [0.5, 0.6) is 0 Å². The van der Waals surface area contributed by atoms with E-state index >= 15 is 0 Å². The quantitative estimate of drug-likeness (QED) is 0.632. The second kappa shape index (κ2) is 5.84. The van der Waals surface area contributed by atoms with Gasteiger partial charge in [-0.2, -0.15) is 0 Å². The third-order valence-corrected chi connectivity index (χ3v) is 3.31. The zero-order valence-corrected chi connectivity index (χ0v) is 9.61. The van der Waals surface area contributed by atoms with Crippen LogP contribution in [0, 0.1) is 11.8 Å². The Bertz CT molecular complexity index is 264. The summed E-state index contributed by atoms with van der Waals surface area (Å²) in [6.45, 7) is 2.22. The highest BCUT2D eigenvalue weighted by Crippen LogP contribution is 2.26. The van der Waals surface area contributed by atoms with Crippen LogP contribution >= 0.6 is 0 Å². The molecule has 1 fully saturated rings. The van der Waals surface area contributed by atoms with Crippen LogP contribution in [-0.4, -0.2) is 29.6 Å². The lowest BCUT2D eigenvalue weighted by Crippen LogP contribution is -2.44. The number of aliphatic carboxylic acids is 1. The highest BCUT2D eigenvalue weighted by molar-refractivity contribution is 5.80. The van der Waals surface area contributed by atoms with Gasteiger partial charge in [-0.25, -0.2) is 0 Å². The lowest BCUT2D eigenvalue weighted by atomic mass is 10.0. The molecule has 1 aliphatic carbocycles. The smallest absolute Gasteiger partial charge is 0.308 e. The van der Waals surface area contributed by atoms with Crippen LogP contribution in [0.25, 0.3) is 0 Å². The van der Waals surface area contributed by atoms with Gasteiger partial charge in [-0.1, -0.05) is 13.3 Å². The first-order valence-corrected chi connectivity index (χ1v) is 5.83. The average molecular weight is 228 g/mol. The van der Waals surface area contributed by atoms with E-state index in [-0.39, 0.29) is 17.9 Å². The summed E-state index contributed by atoms with van der Waals surface area (Å²) in [5, 5.41) is 11.8. The van der Waals surface area contributed by atoms with Gasteiger partial charge in [0, 0.05) is 18.5 Å². The van der Waals surface area contributed by atoms with E-state index in [1.165, 1.54) is 0 Å². The first kappa shape index (κ1) is 13.0. The Morgan fingerprint density at radius 3 is 2.69 bits per heavy atom. The van der Waals surface area contributed by atoms with Gasteiger partial charge >= 0.3 is 5.97 Å². The molecule has 4 N–H and O–H groups in total. The Balaban J connectivity index is 2.53. The van der Waals surface area contributed by atoms with Crippen LogP contribution < -0.4 is 11.1 Å². The van der Waals surface area contributed by atoms with Crippen molar-refractivity contribution in [3.05, 3.63) is 0 Å². The van der Waals surface area contributed by atoms with Crippen LogP contribution in [0.3, 0.4) is 0 Å². The fourth-order valence-electron chi connectivity index (χ4n) is 2.19. The number of nitrogens with one attached hydrogen (secondary N) is 1. The largest absolute Gasteiger partial charge is 0.481 e. The maximum Gasteiger partial charge on any atom is 0.308 e. The molecule has 1 rings (SSSR count). The summed E-state index contributed by atoms with van der Waals surface area (Å²) < 4.78 is 0. The summed E-state index contributed by atoms with van der Waals surface area (Å²) in [4.78, 5) is 22.7. The van der Waals surface area contributed by atoms with Gasteiger partial charge in [0.15, 0.2) is 0 Å². The van der Waals surface area contributed by atoms with Gasteiger partial charge in [-0.3, -0.25) is 9.59 Å². The van der Waals surface area contributed by atoms with E-state index in [1.807, 2.05) is 6.92 Å². The molecular weight excluding hydrogens is 208 g/mol. The minimum atomic E-state index is -0.816. The SMILES string of the molecule is CCC(CN)C(=O)NC1CCCC1C(=O)O. The zero-order valence-electron chi connectivity index (χ0n) is 9.61. The van der Waals surface area contributed by atoms with E-state index < -0.39 is 11.9 Å². The fourth-order valence-corrected chi connectivity index (χ4v) is 2.19. The van der Waals surface area contributed by atoms with Crippen molar-refractivity contribution >= 4 is 11.9 Å². The molecule has 1 aliphatic rings. The van der Waals surface area contributed by atoms with E-state index in [9.17, 15) is 9.59 Å². The molecule has 0 heterocycles. The van der Waals surface area contributed by atoms with Gasteiger partial charge in [0.25, 0.3) is 0 Å². The van der Waals surface area contributed by atoms with Crippen molar-refractivity contribution in [1.29, 1.82) is 0 Å². The maximum atomic E-state index is 11.7. The molecule has 3 atom stereocenters. The number of carbonyl (C=O) groups is 2. The van der Waals surface area contributed by atoms with Gasteiger partial charge in [0.1, 0.15) is 0 Å². The molecule has 0 bridgehead atoms. The Morgan fingerprint density at radius 1 is 1.50 bits per heavy atom. The third-order valence-electron chi connectivity index (χ3n) is 3.31. The van der Waals surface area contributed by atoms with Crippen molar-refractivity contribution in [2.45, 2.75) is 38.6 Å². The van der Waals surface area contributed by atoms with Gasteiger partial charge in [-0.15, -0.1) is 0 Å². The van der Waals surface area contributed by atoms with Crippen molar-refractivity contribution in [1.82, 2.24) is 5.32 Å². The molecule has 1 saturated carbocycles. The second-order valence-electron chi connectivity index (χ2n) is 4.33. The normalized spacial score (nSPS) is 26.4. The summed E-state index contributed by atoms with van der Waals surface area (Å²) in [6, 6.07) is -0.217. The molecule has 0 saturated heterocycles. The van der Waals surface area contributed by atoms with E-state index in [0.717, 1.165) is 12.8 Å². The van der Waals surface area contributed by atoms with E-state index in [0.29, 0.717) is 19.4 Å². The average Bonchev–Trinajstić information content (AvgIpc) is 2.67. The number of hydrogen-bond donors (Lipinski definition) is 3. The second-order valence-corrected chi connectivity index (χ2v) is 4.33. The number of nitrogens with two attached hydrogens (primary N) is 1. The minimum absolute atomic E-state index is 0.108. The first-order chi connectivity index (χ1) is 7.60. The molecule has 0 radical (unpaired) electrons. The molecule has 0 aromatic heterocycles. The Morgan fingerprint density at radius 2 is 2.19 bits per heavy atom. The van der Waals surface area contributed by atoms with Crippen molar-refractivity contribution in [3.8, 4) is 0 Å². The van der Waals surface area contributed by atoms with E-state index in [4.69, 9.17) is 10.8 Å². The number of carbonyl (C=O) groups excluding carboxylic acids is 1. The predicted octanol–water partition coefficient (Wildman–Crippen LogP) is 0.341. The number of carboxylic acid groups (broad SMARTS) is 1. The first-order valence-electron chi connectivity index (χ1n) is 5.83. The van der Waals surface area contributed by atoms with Gasteiger partial charge in [0.05, 0.1) is 5.92 Å². The number of carboxylic acids is 1. The molecule has 5 nitrogen and oxygen atoms in total. The number of amides is 1. The van der Waals surface area contributed by atoms with Gasteiger partial charge in [-0.05, 0) is 19.3 Å². The van der Waals surface area contributed by atoms with Crippen LogP contribution in [0.4, 0.5) is 0 Å². The summed E-state index contributed by atoms with van der Waals surface area (Å²) in [6.07, 6.45) is 2.96. The van der Waals surface area contributed by atoms with Gasteiger partial charge in [0.2, 0.25) is 5.91 Å². The summed E-state index contributed by atoms with van der Waals surface area (Å²) in [5.41, 5.74) is 5.48. The van der Waals surface area contributed by atoms with Gasteiger partial charge < -0.3 is 16.2 Å². The van der Waals surface area contributed by atoms with Crippen molar-refractivity contribution in [2.24, 2.45) is 17.6 Å². The van der Waals surface area contributed by atoms with E-state index in [2.05, 4.69) is 5.32 Å². The summed E-state index contributed by atoms with van der Waals surface area (Å²) in [5.74, 6) is -1.55. The monoisotopic (exact) mass is 228 g/mol. The standard InChI is InChI=1S/C11H20N2O3/c1-2-7(6-12)10(14)13-9-5-3-4-8(9)11(15)16/h7-9H,2-6,12H2,1H3,(H,13,14)(H,15,16). The minimum Gasteiger partial charge on any atom is -0.481 e. The number of rotatable bonds is 5. The Labute approximate surface area is 95.4 Å². The van der Waals surface area contributed by atoms with E-state index in [1.54, 1.807) is 0 Å². The molecule has 3 unspecified atom stereocenters. The lowest BCUT2D eigenvalue weighted by Gasteiger charge is -2.20. The van der Waals surface area contributed by atoms with Crippen LogP contribution in [-0.2, 0) is 9.59 Å². The lowest BCUT2D eigenvalue weighted by molar-refractivity contribution is -0.142. The summed E-state index contributed by atoms with van der Waals surface area (Å²) in [7, 11) is 0. The maximum absolute atomic E-state index is 11.7. The van der Waals surface area contributed by atoms with Crippen LogP contribution in [0.15, 0.2) is 0 Å². The number of hydrogen-bond acceptors (Lipinski definition) is 3. The third kappa shape index (κ3) is 2.95. The molecule has 0 spiro atoms. The van der Waals surface area contributed by atoms with Crippen molar-refractivity contribution in [2.75, 3.05) is 6.54 Å². The zero-order chi connectivity index (χ0) is 12.1. The molecule has 0 aromatic rings. The highest BCUT2D eigenvalue weighted by atomic mass is 16.4. The Hall–Kier alpha value is -1.10. The molecule has 5 heteroatoms.